The molecule has 1 atom stereocenters. The van der Waals surface area contributed by atoms with Crippen LogP contribution >= 0.6 is 23.2 Å². The number of hydrogen-bond acceptors (Lipinski definition) is 6. The molecule has 1 unspecified atom stereocenters. The molecule has 2 fully saturated rings. The number of likely N-dealkylation sites (tertiary alicyclic amines) is 1. The van der Waals surface area contributed by atoms with Crippen LogP contribution in [0.4, 0.5) is 0 Å². The van der Waals surface area contributed by atoms with Crippen LogP contribution in [0.1, 0.15) is 56.2 Å². The van der Waals surface area contributed by atoms with Crippen LogP contribution in [0.15, 0.2) is 35.9 Å². The highest BCUT2D eigenvalue weighted by Crippen LogP contribution is 2.48. The zero-order valence-electron chi connectivity index (χ0n) is 20.5. The van der Waals surface area contributed by atoms with Crippen LogP contribution in [-0.2, 0) is 9.59 Å². The minimum absolute atomic E-state index is 0.0465. The minimum Gasteiger partial charge on any atom is -0.507 e. The second-order valence-corrected chi connectivity index (χ2v) is 9.58. The Balaban J connectivity index is 1.95. The molecule has 1 amide bonds. The minimum atomic E-state index is -0.808. The molecule has 1 N–H and O–H groups in total. The molecule has 0 spiro atoms. The van der Waals surface area contributed by atoms with Crippen molar-refractivity contribution in [2.75, 3.05) is 20.8 Å². The first-order chi connectivity index (χ1) is 17.3. The summed E-state index contributed by atoms with van der Waals surface area (Å²) in [4.78, 5) is 28.5. The Morgan fingerprint density at radius 1 is 1.06 bits per heavy atom. The number of methoxy groups -OCH3 is 2. The van der Waals surface area contributed by atoms with Crippen molar-refractivity contribution in [3.63, 3.8) is 0 Å². The van der Waals surface area contributed by atoms with E-state index in [2.05, 4.69) is 0 Å². The number of ether oxygens (including phenoxy) is 3. The van der Waals surface area contributed by atoms with Crippen LogP contribution in [0.5, 0.6) is 17.2 Å². The monoisotopic (exact) mass is 533 g/mol. The number of halogens is 2. The number of carbonyl (C=O) groups is 2. The molecule has 2 aliphatic rings. The van der Waals surface area contributed by atoms with Gasteiger partial charge in [-0.3, -0.25) is 9.59 Å². The Morgan fingerprint density at radius 3 is 2.39 bits per heavy atom. The van der Waals surface area contributed by atoms with E-state index in [1.54, 1.807) is 11.0 Å². The van der Waals surface area contributed by atoms with E-state index in [1.807, 2.05) is 25.1 Å². The number of nitrogens with zero attached hydrogens (tertiary/aromatic N) is 1. The topological polar surface area (TPSA) is 85.3 Å². The molecule has 1 saturated heterocycles. The molecule has 9 heteroatoms. The average Bonchev–Trinajstić information content (AvgIpc) is 3.14. The third kappa shape index (κ3) is 4.62. The van der Waals surface area contributed by atoms with Gasteiger partial charge in [-0.25, -0.2) is 0 Å². The Hall–Kier alpha value is -2.90. The van der Waals surface area contributed by atoms with Gasteiger partial charge in [0.15, 0.2) is 11.5 Å². The molecule has 0 radical (unpaired) electrons. The van der Waals surface area contributed by atoms with Crippen molar-refractivity contribution in [1.82, 2.24) is 4.90 Å². The highest BCUT2D eigenvalue weighted by molar-refractivity contribution is 6.47. The summed E-state index contributed by atoms with van der Waals surface area (Å²) in [7, 11) is 2.79. The molecule has 2 aromatic rings. The van der Waals surface area contributed by atoms with Crippen molar-refractivity contribution in [3.8, 4) is 17.2 Å². The van der Waals surface area contributed by atoms with E-state index >= 15 is 0 Å². The number of hydrogen-bond donors (Lipinski definition) is 1. The lowest BCUT2D eigenvalue weighted by Gasteiger charge is -2.35. The summed E-state index contributed by atoms with van der Waals surface area (Å²) >= 11 is 12.8. The molecule has 7 nitrogen and oxygen atoms in total. The zero-order chi connectivity index (χ0) is 26.0. The predicted octanol–water partition coefficient (Wildman–Crippen LogP) is 6.16. The van der Waals surface area contributed by atoms with Crippen LogP contribution in [0.3, 0.4) is 0 Å². The molecule has 0 bridgehead atoms. The van der Waals surface area contributed by atoms with E-state index in [4.69, 9.17) is 37.4 Å². The lowest BCUT2D eigenvalue weighted by atomic mass is 9.90. The number of aliphatic hydroxyl groups excluding tert-OH is 1. The van der Waals surface area contributed by atoms with E-state index in [0.29, 0.717) is 17.9 Å². The molecular formula is C27H29Cl2NO6. The maximum absolute atomic E-state index is 13.5. The Morgan fingerprint density at radius 2 is 1.75 bits per heavy atom. The standard InChI is InChI=1S/C27H29Cl2NO6/c1-4-36-17-12-8-9-15(13-17)22-20(24(32)27(33)30(22)16-10-6-5-7-11-16)23(31)18-14-19(28)26(35-3)21(29)25(18)34-2/h8-9,12-14,16,22,31H,4-7,10-11H2,1-3H3/b23-20+. The van der Waals surface area contributed by atoms with E-state index in [-0.39, 0.29) is 38.7 Å². The molecule has 1 aliphatic heterocycles. The van der Waals surface area contributed by atoms with E-state index in [1.165, 1.54) is 20.3 Å². The first-order valence-corrected chi connectivity index (χ1v) is 12.7. The fourth-order valence-electron chi connectivity index (χ4n) is 5.15. The fourth-order valence-corrected chi connectivity index (χ4v) is 5.83. The molecule has 2 aromatic carbocycles. The normalized spacial score (nSPS) is 20.0. The first-order valence-electron chi connectivity index (χ1n) is 12.0. The summed E-state index contributed by atoms with van der Waals surface area (Å²) in [5, 5.41) is 11.7. The number of rotatable bonds is 7. The van der Waals surface area contributed by atoms with E-state index < -0.39 is 23.5 Å². The van der Waals surface area contributed by atoms with Crippen molar-refractivity contribution in [2.24, 2.45) is 0 Å². The molecule has 0 aromatic heterocycles. The summed E-state index contributed by atoms with van der Waals surface area (Å²) < 4.78 is 16.4. The largest absolute Gasteiger partial charge is 0.507 e. The van der Waals surface area contributed by atoms with Crippen LogP contribution in [-0.4, -0.2) is 48.6 Å². The summed E-state index contributed by atoms with van der Waals surface area (Å²) in [6.07, 6.45) is 4.61. The number of aliphatic hydroxyl groups is 1. The van der Waals surface area contributed by atoms with Crippen molar-refractivity contribution in [3.05, 3.63) is 57.1 Å². The van der Waals surface area contributed by atoms with Crippen LogP contribution in [0.25, 0.3) is 5.76 Å². The van der Waals surface area contributed by atoms with Crippen LogP contribution < -0.4 is 14.2 Å². The van der Waals surface area contributed by atoms with Gasteiger partial charge >= 0.3 is 0 Å². The molecular weight excluding hydrogens is 505 g/mol. The third-order valence-electron chi connectivity index (χ3n) is 6.73. The SMILES string of the molecule is CCOc1cccc(C2/C(=C(\O)c3cc(Cl)c(OC)c(Cl)c3OC)C(=O)C(=O)N2C2CCCCC2)c1. The number of benzene rings is 2. The number of Topliss-reactive ketones (excluding diaryl/α,β-unsaturated/α-hetero) is 1. The van der Waals surface area contributed by atoms with Gasteiger partial charge in [-0.15, -0.1) is 0 Å². The Labute approximate surface area is 220 Å². The maximum Gasteiger partial charge on any atom is 0.295 e. The highest BCUT2D eigenvalue weighted by Gasteiger charge is 2.49. The second kappa shape index (κ2) is 11.0. The Kier molecular flexibility index (Phi) is 8.00. The van der Waals surface area contributed by atoms with Gasteiger partial charge in [0.05, 0.1) is 43.0 Å². The molecule has 192 valence electrons. The Bertz CT molecular complexity index is 1200. The molecule has 36 heavy (non-hydrogen) atoms. The maximum atomic E-state index is 13.5. The van der Waals surface area contributed by atoms with Crippen molar-refractivity contribution in [1.29, 1.82) is 0 Å². The summed E-state index contributed by atoms with van der Waals surface area (Å²) in [6, 6.07) is 7.74. The van der Waals surface area contributed by atoms with Gasteiger partial charge in [0.2, 0.25) is 0 Å². The van der Waals surface area contributed by atoms with Gasteiger partial charge in [-0.05, 0) is 43.5 Å². The predicted molar refractivity (Wildman–Crippen MR) is 138 cm³/mol. The van der Waals surface area contributed by atoms with Gasteiger partial charge < -0.3 is 24.2 Å². The van der Waals surface area contributed by atoms with Crippen molar-refractivity contribution >= 4 is 40.7 Å². The van der Waals surface area contributed by atoms with E-state index in [9.17, 15) is 14.7 Å². The van der Waals surface area contributed by atoms with Crippen molar-refractivity contribution < 1.29 is 28.9 Å². The van der Waals surface area contributed by atoms with Gasteiger partial charge in [0, 0.05) is 6.04 Å². The lowest BCUT2D eigenvalue weighted by molar-refractivity contribution is -0.141. The molecule has 4 rings (SSSR count). The smallest absolute Gasteiger partial charge is 0.295 e. The van der Waals surface area contributed by atoms with Gasteiger partial charge in [0.1, 0.15) is 16.5 Å². The van der Waals surface area contributed by atoms with E-state index in [0.717, 1.165) is 32.1 Å². The zero-order valence-corrected chi connectivity index (χ0v) is 22.0. The molecule has 1 heterocycles. The third-order valence-corrected chi connectivity index (χ3v) is 7.35. The lowest BCUT2D eigenvalue weighted by Crippen LogP contribution is -2.40. The highest BCUT2D eigenvalue weighted by atomic mass is 35.5. The summed E-state index contributed by atoms with van der Waals surface area (Å²) in [6.45, 7) is 2.34. The summed E-state index contributed by atoms with van der Waals surface area (Å²) in [5.74, 6) is -0.953. The van der Waals surface area contributed by atoms with Gasteiger partial charge in [-0.2, -0.15) is 0 Å². The number of ketones is 1. The van der Waals surface area contributed by atoms with Crippen molar-refractivity contribution in [2.45, 2.75) is 51.1 Å². The van der Waals surface area contributed by atoms with Gasteiger partial charge in [0.25, 0.3) is 11.7 Å². The van der Waals surface area contributed by atoms with Crippen LogP contribution in [0.2, 0.25) is 10.0 Å². The first kappa shape index (κ1) is 26.2. The fraction of sp³-hybridized carbons (Fsp3) is 0.407. The van der Waals surface area contributed by atoms with Crippen LogP contribution in [0, 0.1) is 0 Å². The quantitative estimate of drug-likeness (QED) is 0.260. The second-order valence-electron chi connectivity index (χ2n) is 8.79. The van der Waals surface area contributed by atoms with Gasteiger partial charge in [-0.1, -0.05) is 54.6 Å². The number of carbonyl (C=O) groups excluding carboxylic acids is 2. The average molecular weight is 534 g/mol. The molecule has 1 saturated carbocycles. The molecule has 1 aliphatic carbocycles. The summed E-state index contributed by atoms with van der Waals surface area (Å²) in [5.41, 5.74) is 0.715. The number of amides is 1.